The molecule has 0 amide bonds. The molecular weight excluding hydrogens is 294 g/mol. The molecule has 0 saturated carbocycles. The molecule has 0 heterocycles. The molecule has 0 unspecified atom stereocenters. The van der Waals surface area contributed by atoms with E-state index in [0.29, 0.717) is 5.56 Å². The van der Waals surface area contributed by atoms with Gasteiger partial charge in [-0.15, -0.1) is 0 Å². The van der Waals surface area contributed by atoms with Gasteiger partial charge < -0.3 is 15.1 Å². The number of carboxylic acid groups (broad SMARTS) is 2. The van der Waals surface area contributed by atoms with Gasteiger partial charge in [-0.1, -0.05) is 42.5 Å². The molecule has 2 rings (SSSR count). The van der Waals surface area contributed by atoms with Gasteiger partial charge >= 0.3 is 11.9 Å². The third-order valence-electron chi connectivity index (χ3n) is 3.68. The van der Waals surface area contributed by atoms with Crippen molar-refractivity contribution in [1.29, 1.82) is 0 Å². The average Bonchev–Trinajstić information content (AvgIpc) is 2.53. The van der Waals surface area contributed by atoms with E-state index in [9.17, 15) is 9.59 Å². The quantitative estimate of drug-likeness (QED) is 0.768. The van der Waals surface area contributed by atoms with Gasteiger partial charge in [-0.3, -0.25) is 9.59 Å². The molecule has 0 aliphatic heterocycles. The zero-order valence-electron chi connectivity index (χ0n) is 12.8. The largest absolute Gasteiger partial charge is 0.481 e. The summed E-state index contributed by atoms with van der Waals surface area (Å²) in [5.41, 5.74) is 2.87. The molecule has 2 aromatic rings. The second kappa shape index (κ2) is 7.45. The van der Waals surface area contributed by atoms with Gasteiger partial charge in [-0.2, -0.15) is 0 Å². The molecule has 120 valence electrons. The Balaban J connectivity index is 2.04. The van der Waals surface area contributed by atoms with Crippen LogP contribution in [0.5, 0.6) is 0 Å². The predicted molar refractivity (Wildman–Crippen MR) is 87.5 cm³/mol. The van der Waals surface area contributed by atoms with Crippen molar-refractivity contribution in [3.63, 3.8) is 0 Å². The van der Waals surface area contributed by atoms with Crippen LogP contribution >= 0.6 is 0 Å². The van der Waals surface area contributed by atoms with Gasteiger partial charge in [0.1, 0.15) is 0 Å². The summed E-state index contributed by atoms with van der Waals surface area (Å²) in [7, 11) is 1.97. The van der Waals surface area contributed by atoms with E-state index in [1.165, 1.54) is 5.56 Å². The second-order valence-corrected chi connectivity index (χ2v) is 5.44. The highest BCUT2D eigenvalue weighted by atomic mass is 16.4. The fourth-order valence-corrected chi connectivity index (χ4v) is 2.35. The summed E-state index contributed by atoms with van der Waals surface area (Å²) in [5, 5.41) is 17.8. The molecule has 0 spiro atoms. The van der Waals surface area contributed by atoms with Gasteiger partial charge in [0.25, 0.3) is 0 Å². The number of hydrogen-bond donors (Lipinski definition) is 2. The smallest absolute Gasteiger partial charge is 0.318 e. The third kappa shape index (κ3) is 4.57. The first-order valence-electron chi connectivity index (χ1n) is 7.27. The van der Waals surface area contributed by atoms with Crippen molar-refractivity contribution in [3.05, 3.63) is 65.7 Å². The maximum atomic E-state index is 10.9. The Morgan fingerprint density at radius 3 is 2.00 bits per heavy atom. The fraction of sp³-hybridized carbons (Fsp3) is 0.222. The highest BCUT2D eigenvalue weighted by molar-refractivity contribution is 5.93. The van der Waals surface area contributed by atoms with Crippen molar-refractivity contribution in [2.24, 2.45) is 5.92 Å². The molecule has 23 heavy (non-hydrogen) atoms. The van der Waals surface area contributed by atoms with Crippen LogP contribution in [0.1, 0.15) is 11.1 Å². The van der Waals surface area contributed by atoms with E-state index < -0.39 is 17.9 Å². The van der Waals surface area contributed by atoms with Crippen LogP contribution < -0.4 is 4.90 Å². The van der Waals surface area contributed by atoms with Gasteiger partial charge in [0.2, 0.25) is 0 Å². The molecule has 5 nitrogen and oxygen atoms in total. The molecule has 0 bridgehead atoms. The monoisotopic (exact) mass is 313 g/mol. The van der Waals surface area contributed by atoms with Gasteiger partial charge in [-0.25, -0.2) is 0 Å². The SMILES string of the molecule is CN(Cc1ccccc1)c1ccc(CC(C(=O)O)C(=O)O)cc1. The minimum absolute atomic E-state index is 0.0205. The molecule has 0 saturated heterocycles. The van der Waals surface area contributed by atoms with Crippen LogP contribution in [0.15, 0.2) is 54.6 Å². The van der Waals surface area contributed by atoms with Crippen molar-refractivity contribution in [2.75, 3.05) is 11.9 Å². The molecule has 2 aromatic carbocycles. The molecule has 0 radical (unpaired) electrons. The van der Waals surface area contributed by atoms with Crippen LogP contribution in [0.25, 0.3) is 0 Å². The maximum absolute atomic E-state index is 10.9. The normalized spacial score (nSPS) is 10.5. The summed E-state index contributed by atoms with van der Waals surface area (Å²) in [6, 6.07) is 17.3. The third-order valence-corrected chi connectivity index (χ3v) is 3.68. The van der Waals surface area contributed by atoms with Gasteiger partial charge in [0, 0.05) is 19.3 Å². The lowest BCUT2D eigenvalue weighted by Crippen LogP contribution is -2.25. The highest BCUT2D eigenvalue weighted by Gasteiger charge is 2.25. The van der Waals surface area contributed by atoms with Crippen molar-refractivity contribution in [2.45, 2.75) is 13.0 Å². The zero-order valence-corrected chi connectivity index (χ0v) is 12.8. The summed E-state index contributed by atoms with van der Waals surface area (Å²) in [6.07, 6.45) is -0.0205. The van der Waals surface area contributed by atoms with Crippen molar-refractivity contribution < 1.29 is 19.8 Å². The number of carboxylic acids is 2. The summed E-state index contributed by atoms with van der Waals surface area (Å²) >= 11 is 0. The Morgan fingerprint density at radius 2 is 1.48 bits per heavy atom. The molecule has 0 aliphatic rings. The Bertz CT molecular complexity index is 653. The highest BCUT2D eigenvalue weighted by Crippen LogP contribution is 2.18. The van der Waals surface area contributed by atoms with Crippen LogP contribution in [-0.4, -0.2) is 29.2 Å². The molecule has 0 aliphatic carbocycles. The molecule has 0 atom stereocenters. The lowest BCUT2D eigenvalue weighted by Gasteiger charge is -2.20. The first-order chi connectivity index (χ1) is 11.0. The number of nitrogens with zero attached hydrogens (tertiary/aromatic N) is 1. The van der Waals surface area contributed by atoms with Crippen LogP contribution in [0, 0.1) is 5.92 Å². The van der Waals surface area contributed by atoms with Crippen molar-refractivity contribution in [1.82, 2.24) is 0 Å². The van der Waals surface area contributed by atoms with Gasteiger partial charge in [0.05, 0.1) is 0 Å². The fourth-order valence-electron chi connectivity index (χ4n) is 2.35. The first-order valence-corrected chi connectivity index (χ1v) is 7.27. The van der Waals surface area contributed by atoms with Gasteiger partial charge in [-0.05, 0) is 29.7 Å². The van der Waals surface area contributed by atoms with E-state index in [-0.39, 0.29) is 6.42 Å². The van der Waals surface area contributed by atoms with Crippen LogP contribution in [-0.2, 0) is 22.6 Å². The van der Waals surface area contributed by atoms with E-state index in [4.69, 9.17) is 10.2 Å². The van der Waals surface area contributed by atoms with Crippen LogP contribution in [0.4, 0.5) is 5.69 Å². The molecule has 0 fully saturated rings. The van der Waals surface area contributed by atoms with Crippen LogP contribution in [0.3, 0.4) is 0 Å². The number of aliphatic carboxylic acids is 2. The summed E-state index contributed by atoms with van der Waals surface area (Å²) in [4.78, 5) is 23.9. The second-order valence-electron chi connectivity index (χ2n) is 5.44. The van der Waals surface area contributed by atoms with Gasteiger partial charge in [0.15, 0.2) is 5.92 Å². The van der Waals surface area contributed by atoms with E-state index in [1.807, 2.05) is 37.4 Å². The van der Waals surface area contributed by atoms with Crippen molar-refractivity contribution in [3.8, 4) is 0 Å². The summed E-state index contributed by atoms with van der Waals surface area (Å²) < 4.78 is 0. The molecule has 0 aromatic heterocycles. The topological polar surface area (TPSA) is 77.8 Å². The number of benzene rings is 2. The zero-order chi connectivity index (χ0) is 16.8. The van der Waals surface area contributed by atoms with E-state index >= 15 is 0 Å². The summed E-state index contributed by atoms with van der Waals surface area (Å²) in [6.45, 7) is 0.757. The summed E-state index contributed by atoms with van der Waals surface area (Å²) in [5.74, 6) is -4.05. The Labute approximate surface area is 134 Å². The number of anilines is 1. The van der Waals surface area contributed by atoms with E-state index in [1.54, 1.807) is 12.1 Å². The maximum Gasteiger partial charge on any atom is 0.318 e. The van der Waals surface area contributed by atoms with Crippen LogP contribution in [0.2, 0.25) is 0 Å². The number of rotatable bonds is 7. The predicted octanol–water partition coefficient (Wildman–Crippen LogP) is 2.65. The molecule has 5 heteroatoms. The Kier molecular flexibility index (Phi) is 5.36. The first kappa shape index (κ1) is 16.5. The lowest BCUT2D eigenvalue weighted by atomic mass is 9.99. The molecule has 2 N–H and O–H groups in total. The number of carbonyl (C=O) groups is 2. The lowest BCUT2D eigenvalue weighted by molar-refractivity contribution is -0.154. The van der Waals surface area contributed by atoms with Crippen molar-refractivity contribution >= 4 is 17.6 Å². The minimum Gasteiger partial charge on any atom is -0.481 e. The average molecular weight is 313 g/mol. The minimum atomic E-state index is -1.41. The van der Waals surface area contributed by atoms with E-state index in [2.05, 4.69) is 17.0 Å². The Morgan fingerprint density at radius 1 is 0.913 bits per heavy atom. The standard InChI is InChI=1S/C18H19NO4/c1-19(12-14-5-3-2-4-6-14)15-9-7-13(8-10-15)11-16(17(20)21)18(22)23/h2-10,16H,11-12H2,1H3,(H,20,21)(H,22,23). The Hall–Kier alpha value is -2.82. The van der Waals surface area contributed by atoms with E-state index in [0.717, 1.165) is 12.2 Å². The number of hydrogen-bond acceptors (Lipinski definition) is 3. The molecular formula is C18H19NO4.